The zero-order chi connectivity index (χ0) is 14.3. The van der Waals surface area contributed by atoms with Crippen molar-refractivity contribution in [3.63, 3.8) is 0 Å². The van der Waals surface area contributed by atoms with Crippen LogP contribution in [0.1, 0.15) is 52.9 Å². The van der Waals surface area contributed by atoms with Crippen molar-refractivity contribution in [3.8, 4) is 0 Å². The average molecular weight is 270 g/mol. The number of aliphatic hydroxyl groups is 1. The van der Waals surface area contributed by atoms with Crippen LogP contribution in [-0.2, 0) is 0 Å². The van der Waals surface area contributed by atoms with Crippen molar-refractivity contribution in [3.05, 3.63) is 0 Å². The van der Waals surface area contributed by atoms with E-state index in [4.69, 9.17) is 0 Å². The zero-order valence-corrected chi connectivity index (χ0v) is 13.4. The van der Waals surface area contributed by atoms with Gasteiger partial charge < -0.3 is 15.3 Å². The molecule has 1 aliphatic rings. The van der Waals surface area contributed by atoms with E-state index in [1.165, 1.54) is 32.1 Å². The van der Waals surface area contributed by atoms with E-state index in [2.05, 4.69) is 31.1 Å². The highest BCUT2D eigenvalue weighted by molar-refractivity contribution is 4.86. The van der Waals surface area contributed by atoms with Gasteiger partial charge in [0.2, 0.25) is 0 Å². The fourth-order valence-corrected chi connectivity index (χ4v) is 3.46. The first-order valence-electron chi connectivity index (χ1n) is 8.16. The van der Waals surface area contributed by atoms with Gasteiger partial charge in [-0.2, -0.15) is 0 Å². The van der Waals surface area contributed by atoms with Gasteiger partial charge in [0, 0.05) is 19.1 Å². The molecule has 2 N–H and O–H groups in total. The molecule has 4 atom stereocenters. The maximum Gasteiger partial charge on any atom is 0.0638 e. The lowest BCUT2D eigenvalue weighted by Crippen LogP contribution is -2.46. The Balaban J connectivity index is 2.49. The van der Waals surface area contributed by atoms with Gasteiger partial charge in [-0.3, -0.25) is 0 Å². The first-order chi connectivity index (χ1) is 9.06. The summed E-state index contributed by atoms with van der Waals surface area (Å²) < 4.78 is 0. The minimum atomic E-state index is -0.224. The summed E-state index contributed by atoms with van der Waals surface area (Å²) in [7, 11) is 2.14. The van der Waals surface area contributed by atoms with E-state index in [1.807, 2.05) is 6.92 Å². The highest BCUT2D eigenvalue weighted by Gasteiger charge is 2.30. The Hall–Kier alpha value is -0.120. The van der Waals surface area contributed by atoms with Gasteiger partial charge >= 0.3 is 0 Å². The van der Waals surface area contributed by atoms with Crippen LogP contribution in [0.4, 0.5) is 0 Å². The number of likely N-dealkylation sites (N-methyl/N-ethyl adjacent to an activating group) is 1. The molecule has 0 radical (unpaired) electrons. The molecule has 0 heterocycles. The molecule has 1 aliphatic carbocycles. The van der Waals surface area contributed by atoms with Crippen LogP contribution >= 0.6 is 0 Å². The molecule has 1 fully saturated rings. The maximum absolute atomic E-state index is 9.50. The second-order valence-corrected chi connectivity index (χ2v) is 6.48. The van der Waals surface area contributed by atoms with Crippen LogP contribution in [0.5, 0.6) is 0 Å². The molecule has 114 valence electrons. The number of rotatable bonds is 8. The molecule has 19 heavy (non-hydrogen) atoms. The van der Waals surface area contributed by atoms with E-state index >= 15 is 0 Å². The van der Waals surface area contributed by atoms with Crippen molar-refractivity contribution in [2.75, 3.05) is 26.7 Å². The van der Waals surface area contributed by atoms with Gasteiger partial charge in [0.05, 0.1) is 6.10 Å². The third kappa shape index (κ3) is 6.24. The first-order valence-corrected chi connectivity index (χ1v) is 8.16. The molecule has 4 unspecified atom stereocenters. The summed E-state index contributed by atoms with van der Waals surface area (Å²) in [5.41, 5.74) is 0. The molecular weight excluding hydrogens is 236 g/mol. The maximum atomic E-state index is 9.50. The van der Waals surface area contributed by atoms with Crippen molar-refractivity contribution in [2.45, 2.75) is 65.0 Å². The highest BCUT2D eigenvalue weighted by Crippen LogP contribution is 2.31. The van der Waals surface area contributed by atoms with Gasteiger partial charge in [0.1, 0.15) is 0 Å². The van der Waals surface area contributed by atoms with Gasteiger partial charge in [0.15, 0.2) is 0 Å². The van der Waals surface area contributed by atoms with E-state index in [0.717, 1.165) is 31.5 Å². The van der Waals surface area contributed by atoms with Crippen LogP contribution in [0.15, 0.2) is 0 Å². The summed E-state index contributed by atoms with van der Waals surface area (Å²) in [4.78, 5) is 2.30. The summed E-state index contributed by atoms with van der Waals surface area (Å²) in [5, 5.41) is 13.2. The van der Waals surface area contributed by atoms with E-state index in [9.17, 15) is 5.11 Å². The molecular formula is C16H34N2O. The lowest BCUT2D eigenvalue weighted by molar-refractivity contribution is 0.106. The third-order valence-corrected chi connectivity index (χ3v) is 4.45. The zero-order valence-electron chi connectivity index (χ0n) is 13.4. The van der Waals surface area contributed by atoms with E-state index < -0.39 is 0 Å². The fraction of sp³-hybridized carbons (Fsp3) is 1.00. The minimum absolute atomic E-state index is 0.224. The standard InChI is InChI=1S/C16H34N2O/c1-5-9-17-16-8-7-14(6-2)10-15(16)12-18(4)11-13(3)19/h13-17,19H,5-12H2,1-4H3. The van der Waals surface area contributed by atoms with Gasteiger partial charge in [0.25, 0.3) is 0 Å². The number of hydrogen-bond donors (Lipinski definition) is 2. The van der Waals surface area contributed by atoms with Gasteiger partial charge in [-0.05, 0) is 58.0 Å². The summed E-state index contributed by atoms with van der Waals surface area (Å²) in [6, 6.07) is 0.680. The normalized spacial score (nSPS) is 29.7. The quantitative estimate of drug-likeness (QED) is 0.711. The van der Waals surface area contributed by atoms with Crippen molar-refractivity contribution < 1.29 is 5.11 Å². The van der Waals surface area contributed by atoms with Crippen molar-refractivity contribution in [1.29, 1.82) is 0 Å². The monoisotopic (exact) mass is 270 g/mol. The van der Waals surface area contributed by atoms with Gasteiger partial charge in [-0.25, -0.2) is 0 Å². The van der Waals surface area contributed by atoms with Crippen molar-refractivity contribution in [2.24, 2.45) is 11.8 Å². The van der Waals surface area contributed by atoms with Crippen LogP contribution in [0, 0.1) is 11.8 Å². The summed E-state index contributed by atoms with van der Waals surface area (Å²) >= 11 is 0. The second kappa shape index (κ2) is 8.93. The van der Waals surface area contributed by atoms with Crippen molar-refractivity contribution in [1.82, 2.24) is 10.2 Å². The van der Waals surface area contributed by atoms with E-state index in [1.54, 1.807) is 0 Å². The molecule has 0 spiro atoms. The van der Waals surface area contributed by atoms with E-state index in [0.29, 0.717) is 6.04 Å². The van der Waals surface area contributed by atoms with Crippen LogP contribution in [-0.4, -0.2) is 48.8 Å². The Morgan fingerprint density at radius 1 is 1.32 bits per heavy atom. The number of nitrogens with zero attached hydrogens (tertiary/aromatic N) is 1. The molecule has 0 amide bonds. The smallest absolute Gasteiger partial charge is 0.0638 e. The Kier molecular flexibility index (Phi) is 7.96. The molecule has 3 heteroatoms. The minimum Gasteiger partial charge on any atom is -0.392 e. The van der Waals surface area contributed by atoms with Crippen LogP contribution in [0.2, 0.25) is 0 Å². The molecule has 1 rings (SSSR count). The largest absolute Gasteiger partial charge is 0.392 e. The molecule has 0 aliphatic heterocycles. The van der Waals surface area contributed by atoms with E-state index in [-0.39, 0.29) is 6.10 Å². The summed E-state index contributed by atoms with van der Waals surface area (Å²) in [5.74, 6) is 1.65. The number of aliphatic hydroxyl groups excluding tert-OH is 1. The molecule has 0 aromatic carbocycles. The fourth-order valence-electron chi connectivity index (χ4n) is 3.46. The Morgan fingerprint density at radius 2 is 2.05 bits per heavy atom. The molecule has 0 bridgehead atoms. The lowest BCUT2D eigenvalue weighted by Gasteiger charge is -2.38. The predicted octanol–water partition coefficient (Wildman–Crippen LogP) is 2.49. The Labute approximate surface area is 119 Å². The van der Waals surface area contributed by atoms with Crippen molar-refractivity contribution >= 4 is 0 Å². The predicted molar refractivity (Wildman–Crippen MR) is 82.4 cm³/mol. The Bertz CT molecular complexity index is 233. The summed E-state index contributed by atoms with van der Waals surface area (Å²) in [6.45, 7) is 9.47. The number of hydrogen-bond acceptors (Lipinski definition) is 3. The SMILES string of the molecule is CCCNC1CCC(CC)CC1CN(C)CC(C)O. The van der Waals surface area contributed by atoms with Gasteiger partial charge in [-0.15, -0.1) is 0 Å². The highest BCUT2D eigenvalue weighted by atomic mass is 16.3. The topological polar surface area (TPSA) is 35.5 Å². The lowest BCUT2D eigenvalue weighted by atomic mass is 9.76. The molecule has 3 nitrogen and oxygen atoms in total. The molecule has 0 saturated heterocycles. The van der Waals surface area contributed by atoms with Gasteiger partial charge in [-0.1, -0.05) is 20.3 Å². The van der Waals surface area contributed by atoms with Crippen LogP contribution in [0.25, 0.3) is 0 Å². The third-order valence-electron chi connectivity index (χ3n) is 4.45. The molecule has 0 aromatic rings. The molecule has 0 aromatic heterocycles. The Morgan fingerprint density at radius 3 is 2.63 bits per heavy atom. The average Bonchev–Trinajstić information content (AvgIpc) is 2.36. The number of nitrogens with one attached hydrogen (secondary N) is 1. The summed E-state index contributed by atoms with van der Waals surface area (Å²) in [6.07, 6.45) is 6.36. The second-order valence-electron chi connectivity index (χ2n) is 6.48. The molecule has 1 saturated carbocycles. The van der Waals surface area contributed by atoms with Crippen LogP contribution < -0.4 is 5.32 Å². The van der Waals surface area contributed by atoms with Crippen LogP contribution in [0.3, 0.4) is 0 Å². The first kappa shape index (κ1) is 16.9.